The zero-order chi connectivity index (χ0) is 18.6. The van der Waals surface area contributed by atoms with E-state index in [1.165, 1.54) is 44.7 Å². The lowest BCUT2D eigenvalue weighted by Crippen LogP contribution is -2.36. The highest BCUT2D eigenvalue weighted by Gasteiger charge is 2.33. The molecule has 1 aromatic rings. The average molecular weight is 372 g/mol. The van der Waals surface area contributed by atoms with E-state index in [4.69, 9.17) is 14.2 Å². The Morgan fingerprint density at radius 2 is 1.56 bits per heavy atom. The summed E-state index contributed by atoms with van der Waals surface area (Å²) >= 11 is 0. The van der Waals surface area contributed by atoms with Crippen molar-refractivity contribution in [2.75, 3.05) is 47.5 Å². The standard InChI is InChI=1S/C16H24N2O6S/c1-12(19)17-6-5-7-18(9-8-17)25(20,21)16-14(23-3)10-13(22-2)11-15(16)24-4/h10-11H,5-9H2,1-4H3. The van der Waals surface area contributed by atoms with E-state index in [0.717, 1.165) is 0 Å². The normalized spacial score (nSPS) is 16.2. The van der Waals surface area contributed by atoms with Crippen LogP contribution in [0.5, 0.6) is 17.2 Å². The number of carbonyl (C=O) groups excluding carboxylic acids is 1. The maximum absolute atomic E-state index is 13.2. The number of nitrogens with zero attached hydrogens (tertiary/aromatic N) is 2. The van der Waals surface area contributed by atoms with E-state index in [2.05, 4.69) is 0 Å². The molecule has 25 heavy (non-hydrogen) atoms. The van der Waals surface area contributed by atoms with E-state index in [1.807, 2.05) is 0 Å². The number of benzene rings is 1. The lowest BCUT2D eigenvalue weighted by Gasteiger charge is -2.23. The molecule has 140 valence electrons. The second-order valence-corrected chi connectivity index (χ2v) is 7.50. The van der Waals surface area contributed by atoms with Crippen LogP contribution in [-0.4, -0.2) is 71.0 Å². The Morgan fingerprint density at radius 3 is 2.04 bits per heavy atom. The Morgan fingerprint density at radius 1 is 0.960 bits per heavy atom. The maximum Gasteiger partial charge on any atom is 0.250 e. The minimum Gasteiger partial charge on any atom is -0.496 e. The van der Waals surface area contributed by atoms with Gasteiger partial charge in [-0.2, -0.15) is 4.31 Å². The van der Waals surface area contributed by atoms with Crippen LogP contribution in [0.25, 0.3) is 0 Å². The fourth-order valence-electron chi connectivity index (χ4n) is 2.81. The molecule has 0 saturated carbocycles. The minimum absolute atomic E-state index is 0.0328. The zero-order valence-electron chi connectivity index (χ0n) is 14.9. The number of methoxy groups -OCH3 is 3. The van der Waals surface area contributed by atoms with Crippen LogP contribution in [0.15, 0.2) is 17.0 Å². The van der Waals surface area contributed by atoms with Crippen molar-refractivity contribution in [3.63, 3.8) is 0 Å². The first-order valence-corrected chi connectivity index (χ1v) is 9.34. The van der Waals surface area contributed by atoms with Crippen molar-refractivity contribution >= 4 is 15.9 Å². The lowest BCUT2D eigenvalue weighted by molar-refractivity contribution is -0.128. The van der Waals surface area contributed by atoms with Crippen molar-refractivity contribution in [2.24, 2.45) is 0 Å². The SMILES string of the molecule is COc1cc(OC)c(S(=O)(=O)N2CCCN(C(C)=O)CC2)c(OC)c1. The molecule has 0 aromatic heterocycles. The number of rotatable bonds is 5. The Bertz CT molecular complexity index is 709. The number of carbonyl (C=O) groups is 1. The van der Waals surface area contributed by atoms with Crippen LogP contribution in [0.4, 0.5) is 0 Å². The van der Waals surface area contributed by atoms with Gasteiger partial charge >= 0.3 is 0 Å². The van der Waals surface area contributed by atoms with Crippen LogP contribution < -0.4 is 14.2 Å². The van der Waals surface area contributed by atoms with E-state index in [-0.39, 0.29) is 28.8 Å². The van der Waals surface area contributed by atoms with Gasteiger partial charge in [0.25, 0.3) is 10.0 Å². The molecular weight excluding hydrogens is 348 g/mol. The first-order chi connectivity index (χ1) is 11.8. The topological polar surface area (TPSA) is 85.4 Å². The average Bonchev–Trinajstić information content (AvgIpc) is 2.87. The van der Waals surface area contributed by atoms with Gasteiger partial charge in [0.1, 0.15) is 17.2 Å². The summed E-state index contributed by atoms with van der Waals surface area (Å²) in [5, 5.41) is 0. The molecule has 2 rings (SSSR count). The van der Waals surface area contributed by atoms with Gasteiger partial charge in [-0.3, -0.25) is 4.79 Å². The Balaban J connectivity index is 2.43. The molecule has 1 fully saturated rings. The number of hydrogen-bond acceptors (Lipinski definition) is 6. The first-order valence-electron chi connectivity index (χ1n) is 7.90. The summed E-state index contributed by atoms with van der Waals surface area (Å²) in [6, 6.07) is 3.02. The van der Waals surface area contributed by atoms with E-state index >= 15 is 0 Å². The monoisotopic (exact) mass is 372 g/mol. The van der Waals surface area contributed by atoms with Gasteiger partial charge in [0.15, 0.2) is 4.90 Å². The molecule has 1 aromatic carbocycles. The number of hydrogen-bond donors (Lipinski definition) is 0. The Labute approximate surface area is 148 Å². The molecule has 0 radical (unpaired) electrons. The van der Waals surface area contributed by atoms with Crippen LogP contribution in [0.2, 0.25) is 0 Å². The van der Waals surface area contributed by atoms with Gasteiger partial charge in [-0.15, -0.1) is 0 Å². The number of ether oxygens (including phenoxy) is 3. The molecule has 0 aliphatic carbocycles. The smallest absolute Gasteiger partial charge is 0.250 e. The third-order valence-corrected chi connectivity index (χ3v) is 6.13. The lowest BCUT2D eigenvalue weighted by atomic mass is 10.3. The summed E-state index contributed by atoms with van der Waals surface area (Å²) in [5.41, 5.74) is 0. The second kappa shape index (κ2) is 7.92. The third-order valence-electron chi connectivity index (χ3n) is 4.17. The molecule has 1 heterocycles. The van der Waals surface area contributed by atoms with Gasteiger partial charge in [0.05, 0.1) is 21.3 Å². The van der Waals surface area contributed by atoms with Crippen LogP contribution in [0.3, 0.4) is 0 Å². The van der Waals surface area contributed by atoms with Crippen molar-refractivity contribution in [1.29, 1.82) is 0 Å². The molecule has 0 spiro atoms. The summed E-state index contributed by atoms with van der Waals surface area (Å²) < 4.78 is 43.5. The van der Waals surface area contributed by atoms with Crippen molar-refractivity contribution in [1.82, 2.24) is 9.21 Å². The second-order valence-electron chi connectivity index (χ2n) is 5.62. The highest BCUT2D eigenvalue weighted by molar-refractivity contribution is 7.89. The molecular formula is C16H24N2O6S. The predicted molar refractivity (Wildman–Crippen MR) is 91.7 cm³/mol. The molecule has 1 aliphatic heterocycles. The Hall–Kier alpha value is -2.00. The van der Waals surface area contributed by atoms with Gasteiger partial charge in [-0.25, -0.2) is 8.42 Å². The summed E-state index contributed by atoms with van der Waals surface area (Å²) in [5.74, 6) is 0.692. The number of sulfonamides is 1. The van der Waals surface area contributed by atoms with E-state index in [9.17, 15) is 13.2 Å². The fraction of sp³-hybridized carbons (Fsp3) is 0.562. The molecule has 1 amide bonds. The van der Waals surface area contributed by atoms with Crippen molar-refractivity contribution in [3.8, 4) is 17.2 Å². The maximum atomic E-state index is 13.2. The minimum atomic E-state index is -3.86. The largest absolute Gasteiger partial charge is 0.496 e. The van der Waals surface area contributed by atoms with Crippen LogP contribution in [0, 0.1) is 0 Å². The van der Waals surface area contributed by atoms with Crippen LogP contribution in [0.1, 0.15) is 13.3 Å². The summed E-state index contributed by atoms with van der Waals surface area (Å²) in [6.07, 6.45) is 0.569. The van der Waals surface area contributed by atoms with Crippen LogP contribution >= 0.6 is 0 Å². The Kier molecular flexibility index (Phi) is 6.12. The van der Waals surface area contributed by atoms with Gasteiger partial charge in [0, 0.05) is 45.2 Å². The molecule has 0 unspecified atom stereocenters. The first kappa shape index (κ1) is 19.3. The highest BCUT2D eigenvalue weighted by atomic mass is 32.2. The predicted octanol–water partition coefficient (Wildman–Crippen LogP) is 0.955. The zero-order valence-corrected chi connectivity index (χ0v) is 15.8. The molecule has 1 saturated heterocycles. The summed E-state index contributed by atoms with van der Waals surface area (Å²) in [6.45, 7) is 2.93. The van der Waals surface area contributed by atoms with Crippen LogP contribution in [-0.2, 0) is 14.8 Å². The van der Waals surface area contributed by atoms with Gasteiger partial charge in [0.2, 0.25) is 5.91 Å². The van der Waals surface area contributed by atoms with E-state index in [0.29, 0.717) is 31.8 Å². The molecule has 0 bridgehead atoms. The van der Waals surface area contributed by atoms with Gasteiger partial charge in [-0.05, 0) is 6.42 Å². The third kappa shape index (κ3) is 3.98. The fourth-order valence-corrected chi connectivity index (χ4v) is 4.55. The van der Waals surface area contributed by atoms with Gasteiger partial charge < -0.3 is 19.1 Å². The molecule has 8 nitrogen and oxygen atoms in total. The van der Waals surface area contributed by atoms with E-state index in [1.54, 1.807) is 4.90 Å². The van der Waals surface area contributed by atoms with Crippen molar-refractivity contribution in [3.05, 3.63) is 12.1 Å². The summed E-state index contributed by atoms with van der Waals surface area (Å²) in [4.78, 5) is 13.2. The highest BCUT2D eigenvalue weighted by Crippen LogP contribution is 2.39. The van der Waals surface area contributed by atoms with Crippen molar-refractivity contribution < 1.29 is 27.4 Å². The van der Waals surface area contributed by atoms with Gasteiger partial charge in [-0.1, -0.05) is 0 Å². The quantitative estimate of drug-likeness (QED) is 0.765. The molecule has 1 aliphatic rings. The number of amides is 1. The van der Waals surface area contributed by atoms with E-state index < -0.39 is 10.0 Å². The van der Waals surface area contributed by atoms with Crippen molar-refractivity contribution in [2.45, 2.75) is 18.2 Å². The molecule has 0 N–H and O–H groups in total. The molecule has 0 atom stereocenters. The summed E-state index contributed by atoms with van der Waals surface area (Å²) in [7, 11) is 0.416. The molecule has 9 heteroatoms.